The summed E-state index contributed by atoms with van der Waals surface area (Å²) in [6.07, 6.45) is 4.99. The molecular formula is C16H21NO. The summed E-state index contributed by atoms with van der Waals surface area (Å²) in [7, 11) is 0. The monoisotopic (exact) mass is 243 g/mol. The van der Waals surface area contributed by atoms with E-state index in [0.29, 0.717) is 6.04 Å². The minimum Gasteiger partial charge on any atom is -0.469 e. The topological polar surface area (TPSA) is 25.2 Å². The Balaban J connectivity index is 1.62. The number of hydrogen-bond acceptors (Lipinski definition) is 2. The molecule has 0 saturated heterocycles. The number of nitrogens with one attached hydrogen (secondary N) is 1. The third kappa shape index (κ3) is 4.38. The number of benzene rings is 1. The first-order chi connectivity index (χ1) is 8.84. The molecule has 0 aliphatic heterocycles. The molecule has 0 bridgehead atoms. The zero-order valence-electron chi connectivity index (χ0n) is 10.9. The third-order valence-corrected chi connectivity index (χ3v) is 3.15. The second-order valence-corrected chi connectivity index (χ2v) is 4.71. The summed E-state index contributed by atoms with van der Waals surface area (Å²) in [5, 5.41) is 3.53. The molecule has 2 aromatic rings. The summed E-state index contributed by atoms with van der Waals surface area (Å²) >= 11 is 0. The van der Waals surface area contributed by atoms with E-state index in [4.69, 9.17) is 4.42 Å². The zero-order chi connectivity index (χ0) is 12.6. The lowest BCUT2D eigenvalue weighted by molar-refractivity contribution is 0.471. The van der Waals surface area contributed by atoms with Crippen LogP contribution in [0.3, 0.4) is 0 Å². The van der Waals surface area contributed by atoms with Crippen molar-refractivity contribution in [2.24, 2.45) is 0 Å². The second kappa shape index (κ2) is 7.02. The summed E-state index contributed by atoms with van der Waals surface area (Å²) in [6, 6.07) is 15.2. The van der Waals surface area contributed by atoms with Gasteiger partial charge in [-0.15, -0.1) is 0 Å². The maximum atomic E-state index is 5.30. The van der Waals surface area contributed by atoms with Crippen LogP contribution in [0.5, 0.6) is 0 Å². The van der Waals surface area contributed by atoms with Crippen LogP contribution >= 0.6 is 0 Å². The first kappa shape index (κ1) is 12.9. The molecule has 1 aromatic heterocycles. The Bertz CT molecular complexity index is 422. The molecule has 0 aliphatic carbocycles. The second-order valence-electron chi connectivity index (χ2n) is 4.71. The van der Waals surface area contributed by atoms with Crippen molar-refractivity contribution in [3.8, 4) is 0 Å². The fourth-order valence-electron chi connectivity index (χ4n) is 2.03. The Hall–Kier alpha value is -1.54. The third-order valence-electron chi connectivity index (χ3n) is 3.15. The lowest BCUT2D eigenvalue weighted by atomic mass is 10.1. The molecule has 1 unspecified atom stereocenters. The first-order valence-corrected chi connectivity index (χ1v) is 6.64. The van der Waals surface area contributed by atoms with E-state index in [9.17, 15) is 0 Å². The van der Waals surface area contributed by atoms with Gasteiger partial charge in [-0.05, 0) is 37.5 Å². The van der Waals surface area contributed by atoms with Crippen LogP contribution in [0.4, 0.5) is 0 Å². The van der Waals surface area contributed by atoms with Gasteiger partial charge in [-0.2, -0.15) is 0 Å². The van der Waals surface area contributed by atoms with Gasteiger partial charge in [0.25, 0.3) is 0 Å². The molecule has 1 atom stereocenters. The Morgan fingerprint density at radius 1 is 1.06 bits per heavy atom. The quantitative estimate of drug-likeness (QED) is 0.806. The molecular weight excluding hydrogens is 222 g/mol. The number of rotatable bonds is 7. The maximum Gasteiger partial charge on any atom is 0.105 e. The normalized spacial score (nSPS) is 12.5. The molecule has 0 amide bonds. The molecule has 1 N–H and O–H groups in total. The van der Waals surface area contributed by atoms with Crippen molar-refractivity contribution < 1.29 is 4.42 Å². The molecule has 1 heterocycles. The van der Waals surface area contributed by atoms with Crippen LogP contribution in [0.1, 0.15) is 24.7 Å². The molecule has 96 valence electrons. The van der Waals surface area contributed by atoms with Gasteiger partial charge in [-0.1, -0.05) is 30.3 Å². The minimum atomic E-state index is 0.542. The van der Waals surface area contributed by atoms with E-state index in [-0.39, 0.29) is 0 Å². The van der Waals surface area contributed by atoms with E-state index >= 15 is 0 Å². The van der Waals surface area contributed by atoms with Gasteiger partial charge in [-0.25, -0.2) is 0 Å². The van der Waals surface area contributed by atoms with Crippen LogP contribution < -0.4 is 5.32 Å². The molecule has 2 heteroatoms. The van der Waals surface area contributed by atoms with E-state index in [1.54, 1.807) is 6.26 Å². The molecule has 2 rings (SSSR count). The number of hydrogen-bond donors (Lipinski definition) is 1. The van der Waals surface area contributed by atoms with Crippen LogP contribution in [-0.2, 0) is 12.8 Å². The molecule has 2 nitrogen and oxygen atoms in total. The largest absolute Gasteiger partial charge is 0.469 e. The van der Waals surface area contributed by atoms with Gasteiger partial charge in [0, 0.05) is 19.0 Å². The Morgan fingerprint density at radius 2 is 1.89 bits per heavy atom. The maximum absolute atomic E-state index is 5.30. The van der Waals surface area contributed by atoms with Gasteiger partial charge < -0.3 is 9.73 Å². The van der Waals surface area contributed by atoms with E-state index in [0.717, 1.165) is 25.1 Å². The van der Waals surface area contributed by atoms with E-state index in [2.05, 4.69) is 42.6 Å². The van der Waals surface area contributed by atoms with Crippen LogP contribution in [-0.4, -0.2) is 12.6 Å². The lowest BCUT2D eigenvalue weighted by Crippen LogP contribution is -2.28. The molecule has 0 spiro atoms. The molecule has 0 saturated carbocycles. The van der Waals surface area contributed by atoms with Gasteiger partial charge in [0.05, 0.1) is 6.26 Å². The highest BCUT2D eigenvalue weighted by atomic mass is 16.3. The predicted octanol–water partition coefficient (Wildman–Crippen LogP) is 3.43. The average Bonchev–Trinajstić information content (AvgIpc) is 2.91. The fourth-order valence-corrected chi connectivity index (χ4v) is 2.03. The van der Waals surface area contributed by atoms with Crippen molar-refractivity contribution in [3.05, 3.63) is 60.1 Å². The smallest absolute Gasteiger partial charge is 0.105 e. The summed E-state index contributed by atoms with van der Waals surface area (Å²) < 4.78 is 5.30. The fraction of sp³-hybridized carbons (Fsp3) is 0.375. The van der Waals surface area contributed by atoms with Crippen molar-refractivity contribution in [1.82, 2.24) is 5.32 Å². The molecule has 18 heavy (non-hydrogen) atoms. The van der Waals surface area contributed by atoms with Crippen molar-refractivity contribution in [3.63, 3.8) is 0 Å². The highest BCUT2D eigenvalue weighted by Gasteiger charge is 2.02. The molecule has 0 radical (unpaired) electrons. The van der Waals surface area contributed by atoms with Crippen LogP contribution in [0.2, 0.25) is 0 Å². The Labute approximate surface area is 109 Å². The lowest BCUT2D eigenvalue weighted by Gasteiger charge is -2.13. The highest BCUT2D eigenvalue weighted by Crippen LogP contribution is 2.05. The predicted molar refractivity (Wildman–Crippen MR) is 74.6 cm³/mol. The summed E-state index contributed by atoms with van der Waals surface area (Å²) in [5.41, 5.74) is 1.41. The van der Waals surface area contributed by atoms with Gasteiger partial charge in [0.2, 0.25) is 0 Å². The number of furan rings is 1. The van der Waals surface area contributed by atoms with E-state index in [1.165, 1.54) is 12.0 Å². The summed E-state index contributed by atoms with van der Waals surface area (Å²) in [4.78, 5) is 0. The van der Waals surface area contributed by atoms with Crippen molar-refractivity contribution in [1.29, 1.82) is 0 Å². The van der Waals surface area contributed by atoms with E-state index < -0.39 is 0 Å². The summed E-state index contributed by atoms with van der Waals surface area (Å²) in [6.45, 7) is 3.22. The van der Waals surface area contributed by atoms with Crippen molar-refractivity contribution in [2.75, 3.05) is 6.54 Å². The van der Waals surface area contributed by atoms with Gasteiger partial charge in [-0.3, -0.25) is 0 Å². The van der Waals surface area contributed by atoms with Crippen LogP contribution in [0, 0.1) is 0 Å². The van der Waals surface area contributed by atoms with Crippen LogP contribution in [0.25, 0.3) is 0 Å². The van der Waals surface area contributed by atoms with Gasteiger partial charge in [0.1, 0.15) is 5.76 Å². The van der Waals surface area contributed by atoms with Crippen molar-refractivity contribution >= 4 is 0 Å². The highest BCUT2D eigenvalue weighted by molar-refractivity contribution is 5.14. The molecule has 0 fully saturated rings. The first-order valence-electron chi connectivity index (χ1n) is 6.64. The Morgan fingerprint density at radius 3 is 2.61 bits per heavy atom. The van der Waals surface area contributed by atoms with Gasteiger partial charge in [0.15, 0.2) is 0 Å². The molecule has 1 aromatic carbocycles. The average molecular weight is 243 g/mol. The standard InChI is InChI=1S/C16H21NO/c1-14(9-10-15-6-3-2-4-7-15)17-12-11-16-8-5-13-18-16/h2-8,13-14,17H,9-12H2,1H3. The molecule has 0 aliphatic rings. The zero-order valence-corrected chi connectivity index (χ0v) is 10.9. The van der Waals surface area contributed by atoms with E-state index in [1.807, 2.05) is 12.1 Å². The van der Waals surface area contributed by atoms with Crippen molar-refractivity contribution in [2.45, 2.75) is 32.2 Å². The SMILES string of the molecule is CC(CCc1ccccc1)NCCc1ccco1. The summed E-state index contributed by atoms with van der Waals surface area (Å²) in [5.74, 6) is 1.05. The van der Waals surface area contributed by atoms with Crippen LogP contribution in [0.15, 0.2) is 53.1 Å². The Kier molecular flexibility index (Phi) is 5.03. The number of aryl methyl sites for hydroxylation is 1. The van der Waals surface area contributed by atoms with Gasteiger partial charge >= 0.3 is 0 Å². The minimum absolute atomic E-state index is 0.542.